The molecule has 0 bridgehead atoms. The van der Waals surface area contributed by atoms with E-state index in [0.29, 0.717) is 12.3 Å². The number of carbonyl (C=O) groups excluding carboxylic acids is 1. The zero-order valence-corrected chi connectivity index (χ0v) is 14.5. The van der Waals surface area contributed by atoms with E-state index in [1.165, 1.54) is 12.4 Å². The van der Waals surface area contributed by atoms with E-state index in [9.17, 15) is 4.79 Å². The molecular formula is C21H17N3O3. The fourth-order valence-electron chi connectivity index (χ4n) is 2.69. The summed E-state index contributed by atoms with van der Waals surface area (Å²) in [5.74, 6) is 1.20. The van der Waals surface area contributed by atoms with Crippen LogP contribution in [-0.2, 0) is 11.3 Å². The lowest BCUT2D eigenvalue weighted by Gasteiger charge is -2.05. The number of benzene rings is 2. The third-order valence-corrected chi connectivity index (χ3v) is 4.06. The summed E-state index contributed by atoms with van der Waals surface area (Å²) in [7, 11) is 0. The number of carbonyl (C=O) groups is 1. The van der Waals surface area contributed by atoms with Gasteiger partial charge in [-0.2, -0.15) is 0 Å². The normalized spacial score (nSPS) is 12.3. The van der Waals surface area contributed by atoms with Crippen LogP contribution in [0.15, 0.2) is 67.0 Å². The van der Waals surface area contributed by atoms with Crippen LogP contribution in [0.2, 0.25) is 0 Å². The lowest BCUT2D eigenvalue weighted by molar-refractivity contribution is -0.116. The second-order valence-electron chi connectivity index (χ2n) is 5.92. The van der Waals surface area contributed by atoms with E-state index in [1.54, 1.807) is 6.08 Å². The first-order chi connectivity index (χ1) is 13.3. The van der Waals surface area contributed by atoms with Crippen LogP contribution >= 0.6 is 0 Å². The van der Waals surface area contributed by atoms with Crippen molar-refractivity contribution in [3.8, 4) is 22.8 Å². The number of rotatable bonds is 5. The molecule has 0 fully saturated rings. The predicted molar refractivity (Wildman–Crippen MR) is 101 cm³/mol. The third kappa shape index (κ3) is 4.12. The molecule has 134 valence electrons. The summed E-state index contributed by atoms with van der Waals surface area (Å²) in [5, 5.41) is 2.83. The van der Waals surface area contributed by atoms with Crippen molar-refractivity contribution in [1.82, 2.24) is 15.3 Å². The first-order valence-corrected chi connectivity index (χ1v) is 8.50. The highest BCUT2D eigenvalue weighted by Crippen LogP contribution is 2.32. The number of ether oxygens (including phenoxy) is 2. The first kappa shape index (κ1) is 16.8. The molecule has 0 spiro atoms. The van der Waals surface area contributed by atoms with Gasteiger partial charge in [-0.25, -0.2) is 9.97 Å². The van der Waals surface area contributed by atoms with Crippen LogP contribution in [-0.4, -0.2) is 22.7 Å². The zero-order valence-electron chi connectivity index (χ0n) is 14.5. The van der Waals surface area contributed by atoms with Crippen LogP contribution in [0, 0.1) is 0 Å². The van der Waals surface area contributed by atoms with Gasteiger partial charge in [-0.05, 0) is 29.8 Å². The molecule has 1 aliphatic rings. The molecule has 0 saturated carbocycles. The third-order valence-electron chi connectivity index (χ3n) is 4.06. The smallest absolute Gasteiger partial charge is 0.244 e. The summed E-state index contributed by atoms with van der Waals surface area (Å²) in [6.07, 6.45) is 4.72. The van der Waals surface area contributed by atoms with Gasteiger partial charge in [-0.3, -0.25) is 4.79 Å². The summed E-state index contributed by atoms with van der Waals surface area (Å²) in [6.45, 7) is 0.555. The number of amides is 1. The van der Waals surface area contributed by atoms with Crippen LogP contribution in [0.25, 0.3) is 17.3 Å². The van der Waals surface area contributed by atoms with E-state index in [2.05, 4.69) is 15.3 Å². The maximum absolute atomic E-state index is 12.1. The summed E-state index contributed by atoms with van der Waals surface area (Å²) in [4.78, 5) is 20.6. The monoisotopic (exact) mass is 359 g/mol. The molecule has 1 N–H and O–H groups in total. The Balaban J connectivity index is 1.37. The van der Waals surface area contributed by atoms with E-state index >= 15 is 0 Å². The van der Waals surface area contributed by atoms with Gasteiger partial charge in [0.25, 0.3) is 0 Å². The minimum absolute atomic E-state index is 0.201. The fourth-order valence-corrected chi connectivity index (χ4v) is 2.69. The predicted octanol–water partition coefficient (Wildman–Crippen LogP) is 3.20. The molecule has 1 amide bonds. The molecule has 0 radical (unpaired) electrons. The number of hydrogen-bond acceptors (Lipinski definition) is 5. The van der Waals surface area contributed by atoms with Gasteiger partial charge in [-0.1, -0.05) is 36.4 Å². The SMILES string of the molecule is O=C(/C=C/c1ccc2c(c1)OCO2)NCc1cc(-c2ccccc2)ncn1. The molecule has 0 atom stereocenters. The molecule has 0 saturated heterocycles. The summed E-state index contributed by atoms with van der Waals surface area (Å²) < 4.78 is 10.6. The minimum atomic E-state index is -0.201. The first-order valence-electron chi connectivity index (χ1n) is 8.50. The van der Waals surface area contributed by atoms with E-state index < -0.39 is 0 Å². The molecule has 1 aromatic heterocycles. The van der Waals surface area contributed by atoms with Crippen LogP contribution in [0.1, 0.15) is 11.3 Å². The van der Waals surface area contributed by atoms with Gasteiger partial charge in [0.2, 0.25) is 12.7 Å². The Kier molecular flexibility index (Phi) is 4.78. The summed E-state index contributed by atoms with van der Waals surface area (Å²) in [6, 6.07) is 17.2. The van der Waals surface area contributed by atoms with Crippen LogP contribution in [0.4, 0.5) is 0 Å². The molecule has 6 nitrogen and oxygen atoms in total. The maximum atomic E-state index is 12.1. The Bertz CT molecular complexity index is 987. The number of nitrogens with zero attached hydrogens (tertiary/aromatic N) is 2. The quantitative estimate of drug-likeness (QED) is 0.708. The Morgan fingerprint density at radius 2 is 1.89 bits per heavy atom. The van der Waals surface area contributed by atoms with Crippen molar-refractivity contribution >= 4 is 12.0 Å². The van der Waals surface area contributed by atoms with Gasteiger partial charge in [0.1, 0.15) is 6.33 Å². The summed E-state index contributed by atoms with van der Waals surface area (Å²) in [5.41, 5.74) is 3.44. The highest BCUT2D eigenvalue weighted by Gasteiger charge is 2.12. The van der Waals surface area contributed by atoms with Gasteiger partial charge in [-0.15, -0.1) is 0 Å². The van der Waals surface area contributed by atoms with Crippen molar-refractivity contribution in [3.05, 3.63) is 78.3 Å². The summed E-state index contributed by atoms with van der Waals surface area (Å²) >= 11 is 0. The highest BCUT2D eigenvalue weighted by atomic mass is 16.7. The topological polar surface area (TPSA) is 73.3 Å². The standard InChI is InChI=1S/C21H17N3O3/c25-21(9-7-15-6-8-19-20(10-15)27-14-26-19)22-12-17-11-18(24-13-23-17)16-4-2-1-3-5-16/h1-11,13H,12,14H2,(H,22,25)/b9-7+. The van der Waals surface area contributed by atoms with Crippen LogP contribution in [0.3, 0.4) is 0 Å². The molecule has 4 rings (SSSR count). The Hall–Kier alpha value is -3.67. The molecule has 0 unspecified atom stereocenters. The van der Waals surface area contributed by atoms with E-state index in [1.807, 2.05) is 54.6 Å². The van der Waals surface area contributed by atoms with Crippen molar-refractivity contribution in [2.45, 2.75) is 6.54 Å². The van der Waals surface area contributed by atoms with Crippen molar-refractivity contribution in [2.75, 3.05) is 6.79 Å². The molecule has 1 aliphatic heterocycles. The minimum Gasteiger partial charge on any atom is -0.454 e. The number of nitrogens with one attached hydrogen (secondary N) is 1. The lowest BCUT2D eigenvalue weighted by Crippen LogP contribution is -2.20. The average molecular weight is 359 g/mol. The molecule has 2 aromatic carbocycles. The van der Waals surface area contributed by atoms with E-state index in [-0.39, 0.29) is 12.7 Å². The average Bonchev–Trinajstić information content (AvgIpc) is 3.19. The van der Waals surface area contributed by atoms with Gasteiger partial charge in [0.05, 0.1) is 17.9 Å². The fraction of sp³-hybridized carbons (Fsp3) is 0.0952. The van der Waals surface area contributed by atoms with Crippen molar-refractivity contribution in [1.29, 1.82) is 0 Å². The Labute approximate surface area is 156 Å². The van der Waals surface area contributed by atoms with Gasteiger partial charge < -0.3 is 14.8 Å². The largest absolute Gasteiger partial charge is 0.454 e. The van der Waals surface area contributed by atoms with Crippen molar-refractivity contribution < 1.29 is 14.3 Å². The second-order valence-corrected chi connectivity index (χ2v) is 5.92. The lowest BCUT2D eigenvalue weighted by atomic mass is 10.1. The molecule has 6 heteroatoms. The van der Waals surface area contributed by atoms with Crippen molar-refractivity contribution in [2.24, 2.45) is 0 Å². The molecule has 27 heavy (non-hydrogen) atoms. The van der Waals surface area contributed by atoms with E-state index in [4.69, 9.17) is 9.47 Å². The molecule has 2 heterocycles. The van der Waals surface area contributed by atoms with Gasteiger partial charge >= 0.3 is 0 Å². The van der Waals surface area contributed by atoms with E-state index in [0.717, 1.165) is 28.3 Å². The number of hydrogen-bond donors (Lipinski definition) is 1. The zero-order chi connectivity index (χ0) is 18.5. The Morgan fingerprint density at radius 3 is 2.78 bits per heavy atom. The number of fused-ring (bicyclic) bond motifs is 1. The highest BCUT2D eigenvalue weighted by molar-refractivity contribution is 5.91. The van der Waals surface area contributed by atoms with Gasteiger partial charge in [0, 0.05) is 11.6 Å². The maximum Gasteiger partial charge on any atom is 0.244 e. The molecular weight excluding hydrogens is 342 g/mol. The Morgan fingerprint density at radius 1 is 1.04 bits per heavy atom. The molecule has 0 aliphatic carbocycles. The second kappa shape index (κ2) is 7.70. The van der Waals surface area contributed by atoms with Gasteiger partial charge in [0.15, 0.2) is 11.5 Å². The van der Waals surface area contributed by atoms with Crippen LogP contribution < -0.4 is 14.8 Å². The molecule has 3 aromatic rings. The van der Waals surface area contributed by atoms with Crippen LogP contribution in [0.5, 0.6) is 11.5 Å². The van der Waals surface area contributed by atoms with Crippen molar-refractivity contribution in [3.63, 3.8) is 0 Å². The number of aromatic nitrogens is 2.